The molecule has 0 N–H and O–H groups in total. The number of piperidine rings is 1. The Bertz CT molecular complexity index is 576. The van der Waals surface area contributed by atoms with Gasteiger partial charge in [-0.3, -0.25) is 14.3 Å². The number of hydrogen-bond acceptors (Lipinski definition) is 6. The van der Waals surface area contributed by atoms with E-state index in [0.29, 0.717) is 25.9 Å². The van der Waals surface area contributed by atoms with E-state index in [1.807, 2.05) is 0 Å². The van der Waals surface area contributed by atoms with Gasteiger partial charge in [0.2, 0.25) is 0 Å². The molecule has 8 heteroatoms. The van der Waals surface area contributed by atoms with E-state index in [1.54, 1.807) is 12.1 Å². The van der Waals surface area contributed by atoms with Crippen LogP contribution in [0.4, 0.5) is 11.4 Å². The molecule has 7 nitrogen and oxygen atoms in total. The van der Waals surface area contributed by atoms with Crippen molar-refractivity contribution in [3.63, 3.8) is 0 Å². The molecule has 1 aliphatic heterocycles. The molecule has 20 heavy (non-hydrogen) atoms. The summed E-state index contributed by atoms with van der Waals surface area (Å²) in [4.78, 5) is 12.2. The topological polar surface area (TPSA) is 89.8 Å². The van der Waals surface area contributed by atoms with Crippen LogP contribution in [-0.2, 0) is 14.3 Å². The van der Waals surface area contributed by atoms with Gasteiger partial charge in [0.1, 0.15) is 0 Å². The third-order valence-corrected chi connectivity index (χ3v) is 3.80. The summed E-state index contributed by atoms with van der Waals surface area (Å²) in [5.74, 6) is 0. The van der Waals surface area contributed by atoms with Crippen LogP contribution in [-0.4, -0.2) is 38.8 Å². The van der Waals surface area contributed by atoms with Gasteiger partial charge in [-0.1, -0.05) is 0 Å². The number of nitrogens with zero attached hydrogens (tertiary/aromatic N) is 2. The van der Waals surface area contributed by atoms with Crippen molar-refractivity contribution in [2.24, 2.45) is 0 Å². The van der Waals surface area contributed by atoms with Crippen LogP contribution in [0.25, 0.3) is 0 Å². The van der Waals surface area contributed by atoms with Crippen molar-refractivity contribution < 1.29 is 17.5 Å². The van der Waals surface area contributed by atoms with Crippen molar-refractivity contribution in [3.8, 4) is 0 Å². The fourth-order valence-electron chi connectivity index (χ4n) is 2.24. The zero-order valence-corrected chi connectivity index (χ0v) is 11.9. The van der Waals surface area contributed by atoms with Crippen LogP contribution in [0.15, 0.2) is 24.3 Å². The number of benzene rings is 1. The van der Waals surface area contributed by atoms with Gasteiger partial charge in [0.25, 0.3) is 15.8 Å². The highest BCUT2D eigenvalue weighted by atomic mass is 32.2. The number of nitro groups is 1. The second-order valence-corrected chi connectivity index (χ2v) is 6.36. The summed E-state index contributed by atoms with van der Waals surface area (Å²) in [6.07, 6.45) is 2.00. The summed E-state index contributed by atoms with van der Waals surface area (Å²) in [7, 11) is -3.41. The number of non-ortho nitro benzene ring substituents is 1. The molecule has 0 aromatic heterocycles. The normalized spacial score (nSPS) is 17.1. The molecule has 1 aliphatic rings. The highest BCUT2D eigenvalue weighted by molar-refractivity contribution is 7.86. The first-order valence-electron chi connectivity index (χ1n) is 6.23. The Kier molecular flexibility index (Phi) is 4.24. The van der Waals surface area contributed by atoms with Crippen LogP contribution in [0.3, 0.4) is 0 Å². The van der Waals surface area contributed by atoms with E-state index in [1.165, 1.54) is 12.1 Å². The Morgan fingerprint density at radius 3 is 2.25 bits per heavy atom. The lowest BCUT2D eigenvalue weighted by molar-refractivity contribution is -0.384. The van der Waals surface area contributed by atoms with E-state index in [2.05, 4.69) is 4.90 Å². The van der Waals surface area contributed by atoms with Crippen molar-refractivity contribution in [1.82, 2.24) is 0 Å². The van der Waals surface area contributed by atoms with Gasteiger partial charge in [0.05, 0.1) is 17.3 Å². The van der Waals surface area contributed by atoms with Crippen molar-refractivity contribution >= 4 is 21.5 Å². The van der Waals surface area contributed by atoms with Gasteiger partial charge in [0.15, 0.2) is 0 Å². The zero-order chi connectivity index (χ0) is 14.8. The summed E-state index contributed by atoms with van der Waals surface area (Å²) in [6, 6.07) is 6.34. The summed E-state index contributed by atoms with van der Waals surface area (Å²) in [6.45, 7) is 1.33. The van der Waals surface area contributed by atoms with E-state index >= 15 is 0 Å². The van der Waals surface area contributed by atoms with E-state index in [4.69, 9.17) is 4.18 Å². The van der Waals surface area contributed by atoms with Gasteiger partial charge >= 0.3 is 0 Å². The van der Waals surface area contributed by atoms with Crippen LogP contribution in [0.1, 0.15) is 12.8 Å². The first kappa shape index (κ1) is 14.7. The lowest BCUT2D eigenvalue weighted by Gasteiger charge is -2.32. The Hall–Kier alpha value is -1.67. The zero-order valence-electron chi connectivity index (χ0n) is 11.1. The van der Waals surface area contributed by atoms with E-state index in [-0.39, 0.29) is 11.8 Å². The lowest BCUT2D eigenvalue weighted by atomic mass is 10.1. The largest absolute Gasteiger partial charge is 0.371 e. The van der Waals surface area contributed by atoms with Gasteiger partial charge in [-0.05, 0) is 25.0 Å². The molecular formula is C12H16N2O5S. The number of nitro benzene ring substituents is 1. The molecule has 0 spiro atoms. The summed E-state index contributed by atoms with van der Waals surface area (Å²) >= 11 is 0. The SMILES string of the molecule is CS(=O)(=O)OC1CCN(c2ccc([N+](=O)[O-])cc2)CC1. The number of rotatable bonds is 4. The van der Waals surface area contributed by atoms with Crippen LogP contribution in [0.5, 0.6) is 0 Å². The van der Waals surface area contributed by atoms with Gasteiger partial charge in [0, 0.05) is 30.9 Å². The average molecular weight is 300 g/mol. The monoisotopic (exact) mass is 300 g/mol. The Morgan fingerprint density at radius 2 is 1.80 bits per heavy atom. The fraction of sp³-hybridized carbons (Fsp3) is 0.500. The Balaban J connectivity index is 1.95. The minimum Gasteiger partial charge on any atom is -0.371 e. The molecular weight excluding hydrogens is 284 g/mol. The third-order valence-electron chi connectivity index (χ3n) is 3.18. The van der Waals surface area contributed by atoms with Gasteiger partial charge in [-0.25, -0.2) is 0 Å². The van der Waals surface area contributed by atoms with Gasteiger partial charge in [-0.15, -0.1) is 0 Å². The molecule has 2 rings (SSSR count). The predicted molar refractivity (Wildman–Crippen MR) is 74.3 cm³/mol. The average Bonchev–Trinajstić information content (AvgIpc) is 2.38. The maximum absolute atomic E-state index is 11.1. The second-order valence-electron chi connectivity index (χ2n) is 4.76. The molecule has 0 radical (unpaired) electrons. The number of hydrogen-bond donors (Lipinski definition) is 0. The van der Waals surface area contributed by atoms with Crippen molar-refractivity contribution in [2.45, 2.75) is 18.9 Å². The highest BCUT2D eigenvalue weighted by Crippen LogP contribution is 2.24. The molecule has 1 aromatic carbocycles. The highest BCUT2D eigenvalue weighted by Gasteiger charge is 2.23. The smallest absolute Gasteiger partial charge is 0.269 e. The fourth-order valence-corrected chi connectivity index (χ4v) is 2.93. The Labute approximate surface area is 117 Å². The molecule has 1 fully saturated rings. The van der Waals surface area contributed by atoms with Crippen LogP contribution >= 0.6 is 0 Å². The first-order valence-corrected chi connectivity index (χ1v) is 8.04. The molecule has 1 saturated heterocycles. The van der Waals surface area contributed by atoms with Crippen LogP contribution in [0.2, 0.25) is 0 Å². The molecule has 0 unspecified atom stereocenters. The minimum absolute atomic E-state index is 0.0593. The minimum atomic E-state index is -3.41. The van der Waals surface area contributed by atoms with Gasteiger partial charge < -0.3 is 4.90 Å². The lowest BCUT2D eigenvalue weighted by Crippen LogP contribution is -2.37. The summed E-state index contributed by atoms with van der Waals surface area (Å²) in [5.41, 5.74) is 0.956. The van der Waals surface area contributed by atoms with Crippen molar-refractivity contribution in [2.75, 3.05) is 24.2 Å². The Morgan fingerprint density at radius 1 is 1.25 bits per heavy atom. The summed E-state index contributed by atoms with van der Waals surface area (Å²) < 4.78 is 27.1. The predicted octanol–water partition coefficient (Wildman–Crippen LogP) is 1.54. The van der Waals surface area contributed by atoms with E-state index in [0.717, 1.165) is 11.9 Å². The third kappa shape index (κ3) is 3.91. The molecule has 0 saturated carbocycles. The molecule has 0 aliphatic carbocycles. The molecule has 1 aromatic rings. The second kappa shape index (κ2) is 5.76. The standard InChI is InChI=1S/C12H16N2O5S/c1-20(17,18)19-12-6-8-13(9-7-12)10-2-4-11(5-3-10)14(15)16/h2-5,12H,6-9H2,1H3. The first-order chi connectivity index (χ1) is 9.35. The maximum Gasteiger partial charge on any atom is 0.269 e. The summed E-state index contributed by atoms with van der Waals surface area (Å²) in [5, 5.41) is 10.6. The number of anilines is 1. The van der Waals surface area contributed by atoms with Gasteiger partial charge in [-0.2, -0.15) is 8.42 Å². The van der Waals surface area contributed by atoms with Crippen molar-refractivity contribution in [3.05, 3.63) is 34.4 Å². The molecule has 0 atom stereocenters. The molecule has 0 bridgehead atoms. The molecule has 110 valence electrons. The van der Waals surface area contributed by atoms with Crippen LogP contribution in [0, 0.1) is 10.1 Å². The van der Waals surface area contributed by atoms with E-state index < -0.39 is 15.0 Å². The van der Waals surface area contributed by atoms with Crippen molar-refractivity contribution in [1.29, 1.82) is 0 Å². The van der Waals surface area contributed by atoms with E-state index in [9.17, 15) is 18.5 Å². The molecule has 0 amide bonds. The molecule has 1 heterocycles. The van der Waals surface area contributed by atoms with Crippen LogP contribution < -0.4 is 4.90 Å². The maximum atomic E-state index is 11.1. The quantitative estimate of drug-likeness (QED) is 0.476.